The summed E-state index contributed by atoms with van der Waals surface area (Å²) < 4.78 is 53.2. The summed E-state index contributed by atoms with van der Waals surface area (Å²) in [7, 11) is 1.14. The van der Waals surface area contributed by atoms with Crippen LogP contribution in [0.3, 0.4) is 0 Å². The van der Waals surface area contributed by atoms with E-state index in [1.807, 2.05) is 11.8 Å². The number of aromatic nitrogens is 5. The van der Waals surface area contributed by atoms with E-state index in [2.05, 4.69) is 19.9 Å². The van der Waals surface area contributed by atoms with Crippen LogP contribution < -0.4 is 9.47 Å². The Morgan fingerprint density at radius 3 is 2.65 bits per heavy atom. The zero-order chi connectivity index (χ0) is 24.0. The average Bonchev–Trinajstić information content (AvgIpc) is 3.45. The normalized spacial score (nSPS) is 18.5. The first-order valence-electron chi connectivity index (χ1n) is 11.1. The molecule has 4 heterocycles. The number of imidazole rings is 1. The standard InChI is InChI=1S/C22H23F3N6O3/c1-3-31-17(13-8-15(22(23,24)25)19(33-2)26-9-13)29-16-18(31)27-11-28-20(16)34-14-6-7-30(10-14)21(32)12-4-5-12/h8-9,11-12,14H,3-7,10H2,1-2H3. The van der Waals surface area contributed by atoms with E-state index in [9.17, 15) is 18.0 Å². The molecule has 180 valence electrons. The summed E-state index contributed by atoms with van der Waals surface area (Å²) in [5.41, 5.74) is -0.0383. The molecule has 34 heavy (non-hydrogen) atoms. The van der Waals surface area contributed by atoms with Crippen LogP contribution in [0, 0.1) is 5.92 Å². The SMILES string of the molecule is CCn1c(-c2cnc(OC)c(C(F)(F)F)c2)nc2c(OC3CCN(C(=O)C4CC4)C3)ncnc21. The van der Waals surface area contributed by atoms with Gasteiger partial charge in [0.05, 0.1) is 13.7 Å². The van der Waals surface area contributed by atoms with Crippen LogP contribution in [0.25, 0.3) is 22.6 Å². The van der Waals surface area contributed by atoms with Crippen LogP contribution in [0.2, 0.25) is 0 Å². The molecule has 5 rings (SSSR count). The van der Waals surface area contributed by atoms with Crippen molar-refractivity contribution >= 4 is 17.1 Å². The van der Waals surface area contributed by atoms with Crippen LogP contribution in [-0.4, -0.2) is 61.6 Å². The molecular weight excluding hydrogens is 453 g/mol. The number of amides is 1. The zero-order valence-electron chi connectivity index (χ0n) is 18.7. The maximum atomic E-state index is 13.5. The number of hydrogen-bond acceptors (Lipinski definition) is 7. The minimum Gasteiger partial charge on any atom is -0.481 e. The summed E-state index contributed by atoms with van der Waals surface area (Å²) in [6, 6.07) is 0.964. The second-order valence-electron chi connectivity index (χ2n) is 8.40. The monoisotopic (exact) mass is 476 g/mol. The van der Waals surface area contributed by atoms with Crippen LogP contribution in [0.15, 0.2) is 18.6 Å². The van der Waals surface area contributed by atoms with Gasteiger partial charge in [-0.15, -0.1) is 0 Å². The van der Waals surface area contributed by atoms with Gasteiger partial charge in [-0.05, 0) is 25.8 Å². The Morgan fingerprint density at radius 2 is 1.97 bits per heavy atom. The van der Waals surface area contributed by atoms with Gasteiger partial charge in [-0.2, -0.15) is 18.2 Å². The second kappa shape index (κ2) is 8.41. The van der Waals surface area contributed by atoms with Crippen molar-refractivity contribution in [2.24, 2.45) is 5.92 Å². The second-order valence-corrected chi connectivity index (χ2v) is 8.40. The van der Waals surface area contributed by atoms with Gasteiger partial charge in [-0.3, -0.25) is 4.79 Å². The zero-order valence-corrected chi connectivity index (χ0v) is 18.7. The highest BCUT2D eigenvalue weighted by Gasteiger charge is 2.38. The van der Waals surface area contributed by atoms with E-state index in [-0.39, 0.29) is 35.2 Å². The number of ether oxygens (including phenoxy) is 2. The molecular formula is C22H23F3N6O3. The Bertz CT molecular complexity index is 1240. The van der Waals surface area contributed by atoms with Crippen molar-refractivity contribution in [3.63, 3.8) is 0 Å². The minimum absolute atomic E-state index is 0.145. The van der Waals surface area contributed by atoms with Gasteiger partial charge in [0.2, 0.25) is 17.7 Å². The van der Waals surface area contributed by atoms with Crippen molar-refractivity contribution in [3.8, 4) is 23.1 Å². The van der Waals surface area contributed by atoms with Gasteiger partial charge >= 0.3 is 6.18 Å². The third-order valence-electron chi connectivity index (χ3n) is 6.08. The average molecular weight is 476 g/mol. The third-order valence-corrected chi connectivity index (χ3v) is 6.08. The number of nitrogens with zero attached hydrogens (tertiary/aromatic N) is 6. The van der Waals surface area contributed by atoms with E-state index in [0.717, 1.165) is 26.0 Å². The molecule has 3 aromatic rings. The fraction of sp³-hybridized carbons (Fsp3) is 0.500. The molecule has 0 N–H and O–H groups in total. The topological polar surface area (TPSA) is 95.3 Å². The molecule has 1 saturated heterocycles. The number of carbonyl (C=O) groups is 1. The molecule has 0 bridgehead atoms. The van der Waals surface area contributed by atoms with Crippen LogP contribution in [-0.2, 0) is 17.5 Å². The summed E-state index contributed by atoms with van der Waals surface area (Å²) in [6.45, 7) is 3.34. The van der Waals surface area contributed by atoms with Gasteiger partial charge < -0.3 is 18.9 Å². The van der Waals surface area contributed by atoms with E-state index in [0.29, 0.717) is 37.2 Å². The first kappa shape index (κ1) is 22.4. The maximum Gasteiger partial charge on any atom is 0.421 e. The summed E-state index contributed by atoms with van der Waals surface area (Å²) in [4.78, 5) is 31.1. The summed E-state index contributed by atoms with van der Waals surface area (Å²) in [5.74, 6) is 0.309. The number of hydrogen-bond donors (Lipinski definition) is 0. The summed E-state index contributed by atoms with van der Waals surface area (Å²) >= 11 is 0. The first-order valence-corrected chi connectivity index (χ1v) is 11.1. The number of halogens is 3. The lowest BCUT2D eigenvalue weighted by Gasteiger charge is -2.16. The highest BCUT2D eigenvalue weighted by Crippen LogP contribution is 2.38. The molecule has 12 heteroatoms. The van der Waals surface area contributed by atoms with Gasteiger partial charge in [0.25, 0.3) is 0 Å². The predicted molar refractivity (Wildman–Crippen MR) is 114 cm³/mol. The van der Waals surface area contributed by atoms with Crippen molar-refractivity contribution in [1.82, 2.24) is 29.4 Å². The third kappa shape index (κ3) is 4.01. The molecule has 2 fully saturated rings. The smallest absolute Gasteiger partial charge is 0.421 e. The molecule has 0 radical (unpaired) electrons. The Kier molecular flexibility index (Phi) is 5.53. The Hall–Kier alpha value is -3.44. The lowest BCUT2D eigenvalue weighted by atomic mass is 10.2. The van der Waals surface area contributed by atoms with E-state index >= 15 is 0 Å². The van der Waals surface area contributed by atoms with Crippen molar-refractivity contribution in [2.45, 2.75) is 45.0 Å². The van der Waals surface area contributed by atoms with E-state index in [1.165, 1.54) is 12.5 Å². The summed E-state index contributed by atoms with van der Waals surface area (Å²) in [6.07, 6.45) is 0.302. The molecule has 2 aliphatic rings. The molecule has 1 aliphatic carbocycles. The number of aryl methyl sites for hydroxylation is 1. The van der Waals surface area contributed by atoms with E-state index in [4.69, 9.17) is 9.47 Å². The Morgan fingerprint density at radius 1 is 1.18 bits per heavy atom. The number of fused-ring (bicyclic) bond motifs is 1. The van der Waals surface area contributed by atoms with E-state index < -0.39 is 17.6 Å². The van der Waals surface area contributed by atoms with Crippen molar-refractivity contribution in [1.29, 1.82) is 0 Å². The van der Waals surface area contributed by atoms with Gasteiger partial charge in [0.15, 0.2) is 11.2 Å². The fourth-order valence-corrected chi connectivity index (χ4v) is 4.23. The number of methoxy groups -OCH3 is 1. The highest BCUT2D eigenvalue weighted by molar-refractivity contribution is 5.82. The number of likely N-dealkylation sites (tertiary alicyclic amines) is 1. The fourth-order valence-electron chi connectivity index (χ4n) is 4.23. The Balaban J connectivity index is 1.48. The highest BCUT2D eigenvalue weighted by atomic mass is 19.4. The molecule has 1 atom stereocenters. The lowest BCUT2D eigenvalue weighted by molar-refractivity contribution is -0.139. The number of rotatable bonds is 6. The molecule has 1 aliphatic heterocycles. The van der Waals surface area contributed by atoms with Crippen molar-refractivity contribution in [2.75, 3.05) is 20.2 Å². The molecule has 0 aromatic carbocycles. The molecule has 9 nitrogen and oxygen atoms in total. The first-order chi connectivity index (χ1) is 16.3. The Labute approximate surface area is 192 Å². The van der Waals surface area contributed by atoms with Crippen LogP contribution in [0.4, 0.5) is 13.2 Å². The molecule has 1 unspecified atom stereocenters. The van der Waals surface area contributed by atoms with Crippen LogP contribution in [0.1, 0.15) is 31.7 Å². The van der Waals surface area contributed by atoms with Gasteiger partial charge in [-0.1, -0.05) is 0 Å². The maximum absolute atomic E-state index is 13.5. The van der Waals surface area contributed by atoms with Crippen molar-refractivity contribution in [3.05, 3.63) is 24.2 Å². The van der Waals surface area contributed by atoms with Gasteiger partial charge in [0, 0.05) is 37.2 Å². The summed E-state index contributed by atoms with van der Waals surface area (Å²) in [5, 5.41) is 0. The predicted octanol–water partition coefficient (Wildman–Crippen LogP) is 3.33. The minimum atomic E-state index is -4.64. The molecule has 1 amide bonds. The van der Waals surface area contributed by atoms with E-state index in [1.54, 1.807) is 4.57 Å². The number of carbonyl (C=O) groups excluding carboxylic acids is 1. The van der Waals surface area contributed by atoms with Crippen LogP contribution in [0.5, 0.6) is 11.8 Å². The molecule has 1 saturated carbocycles. The van der Waals surface area contributed by atoms with Gasteiger partial charge in [-0.25, -0.2) is 15.0 Å². The molecule has 3 aromatic heterocycles. The van der Waals surface area contributed by atoms with Gasteiger partial charge in [0.1, 0.15) is 23.8 Å². The van der Waals surface area contributed by atoms with Crippen LogP contribution >= 0.6 is 0 Å². The quantitative estimate of drug-likeness (QED) is 0.539. The number of alkyl halides is 3. The largest absolute Gasteiger partial charge is 0.481 e. The number of pyridine rings is 1. The molecule has 0 spiro atoms. The van der Waals surface area contributed by atoms with Crippen molar-refractivity contribution < 1.29 is 27.4 Å². The lowest BCUT2D eigenvalue weighted by Crippen LogP contribution is -2.32.